The summed E-state index contributed by atoms with van der Waals surface area (Å²) < 4.78 is 0. The summed E-state index contributed by atoms with van der Waals surface area (Å²) >= 11 is 0. The van der Waals surface area contributed by atoms with E-state index in [9.17, 15) is 0 Å². The zero-order chi connectivity index (χ0) is 8.85. The number of hydrogen-bond acceptors (Lipinski definition) is 3. The smallest absolute Gasteiger partial charge is 0.0447 e. The molecule has 0 rings (SSSR count). The van der Waals surface area contributed by atoms with E-state index in [-0.39, 0.29) is 6.04 Å². The molecular formula is C8H17N3. The molecule has 0 amide bonds. The molecule has 0 aliphatic carbocycles. The first-order valence-electron chi connectivity index (χ1n) is 3.90. The largest absolute Gasteiger partial charge is 0.312 e. The molecule has 1 unspecified atom stereocenters. The van der Waals surface area contributed by atoms with E-state index in [1.807, 2.05) is 14.0 Å². The molecule has 3 N–H and O–H groups in total. The quantitative estimate of drug-likeness (QED) is 0.517. The van der Waals surface area contributed by atoms with E-state index in [4.69, 9.17) is 10.8 Å². The van der Waals surface area contributed by atoms with Crippen LogP contribution in [0.25, 0.3) is 0 Å². The lowest BCUT2D eigenvalue weighted by atomic mass is 10.0. The van der Waals surface area contributed by atoms with Gasteiger partial charge in [0, 0.05) is 23.9 Å². The molecule has 3 nitrogen and oxygen atoms in total. The van der Waals surface area contributed by atoms with Crippen LogP contribution < -0.4 is 5.32 Å². The minimum absolute atomic E-state index is 0.148. The molecule has 0 aromatic rings. The van der Waals surface area contributed by atoms with Crippen LogP contribution >= 0.6 is 0 Å². The number of nitrogens with one attached hydrogen (secondary N) is 3. The van der Waals surface area contributed by atoms with Crippen LogP contribution in [0.4, 0.5) is 0 Å². The Balaban J connectivity index is 3.89. The van der Waals surface area contributed by atoms with Gasteiger partial charge in [-0.25, -0.2) is 0 Å². The van der Waals surface area contributed by atoms with Gasteiger partial charge >= 0.3 is 0 Å². The van der Waals surface area contributed by atoms with Gasteiger partial charge in [0.2, 0.25) is 0 Å². The van der Waals surface area contributed by atoms with Gasteiger partial charge in [-0.2, -0.15) is 0 Å². The Morgan fingerprint density at radius 3 is 2.27 bits per heavy atom. The topological polar surface area (TPSA) is 59.7 Å². The lowest BCUT2D eigenvalue weighted by molar-refractivity contribution is 0.670. The van der Waals surface area contributed by atoms with E-state index in [1.54, 1.807) is 6.92 Å². The second kappa shape index (κ2) is 5.02. The highest BCUT2D eigenvalue weighted by Crippen LogP contribution is 1.97. The molecule has 11 heavy (non-hydrogen) atoms. The van der Waals surface area contributed by atoms with Crippen molar-refractivity contribution in [3.05, 3.63) is 0 Å². The monoisotopic (exact) mass is 155 g/mol. The van der Waals surface area contributed by atoms with Gasteiger partial charge in [0.25, 0.3) is 0 Å². The molecule has 0 aliphatic rings. The second-order valence-corrected chi connectivity index (χ2v) is 2.73. The molecule has 0 aliphatic heterocycles. The zero-order valence-electron chi connectivity index (χ0n) is 7.49. The Kier molecular flexibility index (Phi) is 4.70. The van der Waals surface area contributed by atoms with Gasteiger partial charge in [-0.3, -0.25) is 0 Å². The van der Waals surface area contributed by atoms with E-state index in [0.29, 0.717) is 17.8 Å². The van der Waals surface area contributed by atoms with Crippen LogP contribution in [-0.4, -0.2) is 24.5 Å². The van der Waals surface area contributed by atoms with Crippen molar-refractivity contribution < 1.29 is 0 Å². The Bertz CT molecular complexity index is 147. The summed E-state index contributed by atoms with van der Waals surface area (Å²) in [5, 5.41) is 17.8. The lowest BCUT2D eigenvalue weighted by Gasteiger charge is -2.14. The normalized spacial score (nSPS) is 12.6. The summed E-state index contributed by atoms with van der Waals surface area (Å²) in [6.45, 7) is 3.77. The van der Waals surface area contributed by atoms with E-state index >= 15 is 0 Å². The average molecular weight is 155 g/mol. The molecule has 0 saturated heterocycles. The molecule has 0 saturated carbocycles. The average Bonchev–Trinajstić information content (AvgIpc) is 1.88. The maximum Gasteiger partial charge on any atom is 0.0447 e. The zero-order valence-corrected chi connectivity index (χ0v) is 7.49. The molecule has 0 spiro atoms. The molecule has 0 bridgehead atoms. The van der Waals surface area contributed by atoms with E-state index in [0.717, 1.165) is 6.42 Å². The first kappa shape index (κ1) is 10.3. The summed E-state index contributed by atoms with van der Waals surface area (Å²) in [7, 11) is 1.85. The predicted molar refractivity (Wildman–Crippen MR) is 48.9 cm³/mol. The van der Waals surface area contributed by atoms with Crippen molar-refractivity contribution in [2.24, 2.45) is 0 Å². The lowest BCUT2D eigenvalue weighted by Crippen LogP contribution is -2.33. The number of rotatable bonds is 5. The first-order chi connectivity index (χ1) is 5.11. The molecule has 0 aromatic carbocycles. The van der Waals surface area contributed by atoms with Crippen molar-refractivity contribution in [3.63, 3.8) is 0 Å². The Labute approximate surface area is 68.2 Å². The fraction of sp³-hybridized carbons (Fsp3) is 0.750. The maximum absolute atomic E-state index is 7.57. The minimum atomic E-state index is 0.148. The molecule has 3 heteroatoms. The highest BCUT2D eigenvalue weighted by molar-refractivity contribution is 6.03. The molecule has 1 atom stereocenters. The molecule has 0 radical (unpaired) electrons. The highest BCUT2D eigenvalue weighted by Gasteiger charge is 2.09. The molecule has 64 valence electrons. The van der Waals surface area contributed by atoms with E-state index in [2.05, 4.69) is 5.32 Å². The van der Waals surface area contributed by atoms with Crippen LogP contribution in [-0.2, 0) is 0 Å². The van der Waals surface area contributed by atoms with Gasteiger partial charge in [-0.15, -0.1) is 0 Å². The Hall–Kier alpha value is -0.700. The second-order valence-electron chi connectivity index (χ2n) is 2.73. The molecular weight excluding hydrogens is 138 g/mol. The van der Waals surface area contributed by atoms with Gasteiger partial charge in [0.1, 0.15) is 0 Å². The predicted octanol–water partition coefficient (Wildman–Crippen LogP) is 1.43. The van der Waals surface area contributed by atoms with Crippen LogP contribution in [0.5, 0.6) is 0 Å². The van der Waals surface area contributed by atoms with Crippen LogP contribution in [0.1, 0.15) is 26.7 Å². The standard InChI is InChI=1S/C8H17N3/c1-4-8(11-3)7(10)5-6(2)9/h8-11H,4-5H2,1-3H3. The van der Waals surface area contributed by atoms with Crippen molar-refractivity contribution in [2.75, 3.05) is 7.05 Å². The van der Waals surface area contributed by atoms with Crippen LogP contribution in [0.3, 0.4) is 0 Å². The van der Waals surface area contributed by atoms with Crippen LogP contribution in [0.2, 0.25) is 0 Å². The molecule has 0 fully saturated rings. The van der Waals surface area contributed by atoms with Gasteiger partial charge in [-0.1, -0.05) is 6.92 Å². The summed E-state index contributed by atoms with van der Waals surface area (Å²) in [5.74, 6) is 0. The van der Waals surface area contributed by atoms with Crippen molar-refractivity contribution in [1.82, 2.24) is 5.32 Å². The van der Waals surface area contributed by atoms with Crippen LogP contribution in [0, 0.1) is 10.8 Å². The SMILES string of the molecule is CCC(NC)C(=N)CC(C)=N. The van der Waals surface area contributed by atoms with Crippen molar-refractivity contribution in [1.29, 1.82) is 10.8 Å². The third-order valence-electron chi connectivity index (χ3n) is 1.63. The van der Waals surface area contributed by atoms with Gasteiger partial charge < -0.3 is 16.1 Å². The van der Waals surface area contributed by atoms with Crippen molar-refractivity contribution >= 4 is 11.4 Å². The van der Waals surface area contributed by atoms with E-state index in [1.165, 1.54) is 0 Å². The third kappa shape index (κ3) is 3.88. The minimum Gasteiger partial charge on any atom is -0.312 e. The first-order valence-corrected chi connectivity index (χ1v) is 3.90. The van der Waals surface area contributed by atoms with Crippen molar-refractivity contribution in [2.45, 2.75) is 32.7 Å². The number of hydrogen-bond donors (Lipinski definition) is 3. The van der Waals surface area contributed by atoms with Crippen molar-refractivity contribution in [3.8, 4) is 0 Å². The highest BCUT2D eigenvalue weighted by atomic mass is 14.9. The summed E-state index contributed by atoms with van der Waals surface area (Å²) in [6.07, 6.45) is 1.42. The maximum atomic E-state index is 7.57. The van der Waals surface area contributed by atoms with Gasteiger partial charge in [0.05, 0.1) is 0 Å². The fourth-order valence-corrected chi connectivity index (χ4v) is 1.03. The summed E-state index contributed by atoms with van der Waals surface area (Å²) in [5.41, 5.74) is 1.17. The molecule has 0 heterocycles. The van der Waals surface area contributed by atoms with E-state index < -0.39 is 0 Å². The van der Waals surface area contributed by atoms with Gasteiger partial charge in [-0.05, 0) is 20.4 Å². The Morgan fingerprint density at radius 1 is 1.45 bits per heavy atom. The summed E-state index contributed by atoms with van der Waals surface area (Å²) in [4.78, 5) is 0. The Morgan fingerprint density at radius 2 is 2.00 bits per heavy atom. The molecule has 0 aromatic heterocycles. The fourth-order valence-electron chi connectivity index (χ4n) is 1.03. The van der Waals surface area contributed by atoms with Crippen LogP contribution in [0.15, 0.2) is 0 Å². The summed E-state index contributed by atoms with van der Waals surface area (Å²) in [6, 6.07) is 0.148. The third-order valence-corrected chi connectivity index (χ3v) is 1.63. The van der Waals surface area contributed by atoms with Gasteiger partial charge in [0.15, 0.2) is 0 Å².